The van der Waals surface area contributed by atoms with Gasteiger partial charge in [0.25, 0.3) is 0 Å². The SMILES string of the molecule is CC.O=C(O)c1nc(-c2ccccc2)cs1. The summed E-state index contributed by atoms with van der Waals surface area (Å²) in [5.41, 5.74) is 1.66. The van der Waals surface area contributed by atoms with Gasteiger partial charge in [-0.1, -0.05) is 44.2 Å². The fourth-order valence-corrected chi connectivity index (χ4v) is 1.78. The average Bonchev–Trinajstić information content (AvgIpc) is 2.82. The van der Waals surface area contributed by atoms with Crippen molar-refractivity contribution in [1.82, 2.24) is 4.98 Å². The maximum Gasteiger partial charge on any atom is 0.365 e. The summed E-state index contributed by atoms with van der Waals surface area (Å²) in [4.78, 5) is 14.6. The maximum absolute atomic E-state index is 10.6. The molecule has 4 heteroatoms. The van der Waals surface area contributed by atoms with E-state index in [0.29, 0.717) is 5.69 Å². The van der Waals surface area contributed by atoms with E-state index in [9.17, 15) is 4.79 Å². The molecule has 16 heavy (non-hydrogen) atoms. The number of carboxylic acid groups (broad SMARTS) is 1. The van der Waals surface area contributed by atoms with Gasteiger partial charge >= 0.3 is 5.97 Å². The summed E-state index contributed by atoms with van der Waals surface area (Å²) in [5.74, 6) is -0.975. The molecule has 1 aromatic carbocycles. The summed E-state index contributed by atoms with van der Waals surface area (Å²) in [5, 5.41) is 10.6. The minimum atomic E-state index is -0.975. The van der Waals surface area contributed by atoms with E-state index in [0.717, 1.165) is 16.9 Å². The van der Waals surface area contributed by atoms with Crippen LogP contribution >= 0.6 is 11.3 Å². The molecule has 1 N–H and O–H groups in total. The zero-order valence-corrected chi connectivity index (χ0v) is 9.99. The Balaban J connectivity index is 0.000000606. The molecule has 0 saturated heterocycles. The number of aromatic carboxylic acids is 1. The summed E-state index contributed by atoms with van der Waals surface area (Å²) in [7, 11) is 0. The Hall–Kier alpha value is -1.68. The molecule has 1 aromatic heterocycles. The molecule has 84 valence electrons. The molecule has 0 aliphatic rings. The fourth-order valence-electron chi connectivity index (χ4n) is 1.11. The van der Waals surface area contributed by atoms with Crippen molar-refractivity contribution in [2.45, 2.75) is 13.8 Å². The Labute approximate surface area is 98.4 Å². The van der Waals surface area contributed by atoms with Crippen molar-refractivity contribution in [3.63, 3.8) is 0 Å². The number of thiazole rings is 1. The molecule has 3 nitrogen and oxygen atoms in total. The Morgan fingerprint density at radius 3 is 2.38 bits per heavy atom. The topological polar surface area (TPSA) is 50.2 Å². The monoisotopic (exact) mass is 235 g/mol. The van der Waals surface area contributed by atoms with E-state index in [1.54, 1.807) is 5.38 Å². The summed E-state index contributed by atoms with van der Waals surface area (Å²) in [6.45, 7) is 4.00. The molecule has 0 unspecified atom stereocenters. The number of benzene rings is 1. The van der Waals surface area contributed by atoms with Crippen molar-refractivity contribution in [2.24, 2.45) is 0 Å². The predicted molar refractivity (Wildman–Crippen MR) is 65.9 cm³/mol. The first kappa shape index (κ1) is 12.4. The molecule has 0 spiro atoms. The molecular formula is C12H13NO2S. The first-order valence-corrected chi connectivity index (χ1v) is 5.89. The van der Waals surface area contributed by atoms with Gasteiger partial charge in [-0.05, 0) is 0 Å². The van der Waals surface area contributed by atoms with Crippen LogP contribution in [0, 0.1) is 0 Å². The van der Waals surface area contributed by atoms with Crippen LogP contribution in [0.25, 0.3) is 11.3 Å². The average molecular weight is 235 g/mol. The number of aromatic nitrogens is 1. The van der Waals surface area contributed by atoms with Gasteiger partial charge in [0.2, 0.25) is 5.01 Å². The van der Waals surface area contributed by atoms with Crippen molar-refractivity contribution in [3.05, 3.63) is 40.7 Å². The van der Waals surface area contributed by atoms with E-state index in [-0.39, 0.29) is 5.01 Å². The quantitative estimate of drug-likeness (QED) is 0.866. The lowest BCUT2D eigenvalue weighted by atomic mass is 10.2. The Bertz CT molecular complexity index is 451. The third-order valence-electron chi connectivity index (χ3n) is 1.76. The minimum absolute atomic E-state index is 0.129. The van der Waals surface area contributed by atoms with Crippen LogP contribution in [0.3, 0.4) is 0 Å². The zero-order chi connectivity index (χ0) is 12.0. The summed E-state index contributed by atoms with van der Waals surface area (Å²) >= 11 is 1.14. The van der Waals surface area contributed by atoms with Gasteiger partial charge < -0.3 is 5.11 Å². The molecule has 0 amide bonds. The van der Waals surface area contributed by atoms with Crippen LogP contribution in [-0.2, 0) is 0 Å². The second kappa shape index (κ2) is 6.02. The van der Waals surface area contributed by atoms with Crippen LogP contribution in [0.2, 0.25) is 0 Å². The number of carboxylic acids is 1. The van der Waals surface area contributed by atoms with E-state index in [2.05, 4.69) is 4.98 Å². The highest BCUT2D eigenvalue weighted by Crippen LogP contribution is 2.21. The van der Waals surface area contributed by atoms with Crippen molar-refractivity contribution in [3.8, 4) is 11.3 Å². The molecule has 0 aliphatic carbocycles. The molecule has 0 bridgehead atoms. The van der Waals surface area contributed by atoms with Crippen LogP contribution in [0.5, 0.6) is 0 Å². The molecule has 0 radical (unpaired) electrons. The van der Waals surface area contributed by atoms with Crippen LogP contribution in [-0.4, -0.2) is 16.1 Å². The summed E-state index contributed by atoms with van der Waals surface area (Å²) in [6, 6.07) is 9.51. The van der Waals surface area contributed by atoms with E-state index < -0.39 is 5.97 Å². The predicted octanol–water partition coefficient (Wildman–Crippen LogP) is 3.53. The number of hydrogen-bond donors (Lipinski definition) is 1. The van der Waals surface area contributed by atoms with E-state index in [4.69, 9.17) is 5.11 Å². The number of rotatable bonds is 2. The Morgan fingerprint density at radius 1 is 1.25 bits per heavy atom. The number of hydrogen-bond acceptors (Lipinski definition) is 3. The molecule has 0 aliphatic heterocycles. The largest absolute Gasteiger partial charge is 0.476 e. The van der Waals surface area contributed by atoms with Gasteiger partial charge in [-0.15, -0.1) is 11.3 Å². The molecule has 0 saturated carbocycles. The molecule has 2 rings (SSSR count). The second-order valence-corrected chi connectivity index (χ2v) is 3.57. The van der Waals surface area contributed by atoms with E-state index in [1.165, 1.54) is 0 Å². The highest BCUT2D eigenvalue weighted by molar-refractivity contribution is 7.11. The van der Waals surface area contributed by atoms with Gasteiger partial charge in [-0.25, -0.2) is 9.78 Å². The van der Waals surface area contributed by atoms with Crippen molar-refractivity contribution in [2.75, 3.05) is 0 Å². The Morgan fingerprint density at radius 2 is 1.88 bits per heavy atom. The lowest BCUT2D eigenvalue weighted by Crippen LogP contribution is -1.94. The highest BCUT2D eigenvalue weighted by Gasteiger charge is 2.09. The zero-order valence-electron chi connectivity index (χ0n) is 9.18. The standard InChI is InChI=1S/C10H7NO2S.C2H6/c12-10(13)9-11-8(6-14-9)7-4-2-1-3-5-7;1-2/h1-6H,(H,12,13);1-2H3. The third-order valence-corrected chi connectivity index (χ3v) is 2.59. The molecular weight excluding hydrogens is 222 g/mol. The van der Waals surface area contributed by atoms with E-state index >= 15 is 0 Å². The number of nitrogens with zero attached hydrogens (tertiary/aromatic N) is 1. The van der Waals surface area contributed by atoms with Gasteiger partial charge in [0, 0.05) is 10.9 Å². The van der Waals surface area contributed by atoms with Crippen molar-refractivity contribution >= 4 is 17.3 Å². The molecule has 2 aromatic rings. The lowest BCUT2D eigenvalue weighted by molar-refractivity contribution is 0.0696. The van der Waals surface area contributed by atoms with Crippen LogP contribution in [0.1, 0.15) is 23.6 Å². The molecule has 0 fully saturated rings. The van der Waals surface area contributed by atoms with Crippen LogP contribution < -0.4 is 0 Å². The van der Waals surface area contributed by atoms with Crippen molar-refractivity contribution < 1.29 is 9.90 Å². The van der Waals surface area contributed by atoms with Crippen LogP contribution in [0.4, 0.5) is 0 Å². The second-order valence-electron chi connectivity index (χ2n) is 2.71. The first-order valence-electron chi connectivity index (χ1n) is 5.01. The highest BCUT2D eigenvalue weighted by atomic mass is 32.1. The molecule has 0 atom stereocenters. The first-order chi connectivity index (χ1) is 7.77. The Kier molecular flexibility index (Phi) is 4.66. The van der Waals surface area contributed by atoms with Crippen LogP contribution in [0.15, 0.2) is 35.7 Å². The minimum Gasteiger partial charge on any atom is -0.476 e. The summed E-state index contributed by atoms with van der Waals surface area (Å²) < 4.78 is 0. The fraction of sp³-hybridized carbons (Fsp3) is 0.167. The van der Waals surface area contributed by atoms with Gasteiger partial charge in [0.15, 0.2) is 0 Å². The number of carbonyl (C=O) groups is 1. The van der Waals surface area contributed by atoms with Gasteiger partial charge in [0.1, 0.15) is 0 Å². The normalized spacial score (nSPS) is 9.12. The maximum atomic E-state index is 10.6. The molecule has 1 heterocycles. The third kappa shape index (κ3) is 2.90. The van der Waals surface area contributed by atoms with Gasteiger partial charge in [-0.3, -0.25) is 0 Å². The van der Waals surface area contributed by atoms with Crippen molar-refractivity contribution in [1.29, 1.82) is 0 Å². The summed E-state index contributed by atoms with van der Waals surface area (Å²) in [6.07, 6.45) is 0. The van der Waals surface area contributed by atoms with E-state index in [1.807, 2.05) is 44.2 Å². The van der Waals surface area contributed by atoms with Gasteiger partial charge in [0.05, 0.1) is 5.69 Å². The smallest absolute Gasteiger partial charge is 0.365 e. The lowest BCUT2D eigenvalue weighted by Gasteiger charge is -1.93. The van der Waals surface area contributed by atoms with Gasteiger partial charge in [-0.2, -0.15) is 0 Å².